The molecule has 0 atom stereocenters. The first kappa shape index (κ1) is 19.8. The molecule has 0 N–H and O–H groups in total. The molecule has 0 heterocycles. The predicted molar refractivity (Wildman–Crippen MR) is 124 cm³/mol. The van der Waals surface area contributed by atoms with E-state index in [1.54, 1.807) is 24.3 Å². The molecule has 0 unspecified atom stereocenters. The Balaban J connectivity index is 1.82. The third kappa shape index (κ3) is 4.23. The Morgan fingerprint density at radius 3 is 1.80 bits per heavy atom. The molecule has 0 fully saturated rings. The molecule has 0 nitrogen and oxygen atoms in total. The van der Waals surface area contributed by atoms with Crippen molar-refractivity contribution < 1.29 is 8.78 Å². The van der Waals surface area contributed by atoms with Crippen LogP contribution in [0.3, 0.4) is 0 Å². The molecule has 0 bridgehead atoms. The van der Waals surface area contributed by atoms with Crippen LogP contribution in [0, 0.1) is 25.5 Å². The zero-order valence-corrected chi connectivity index (χ0v) is 17.0. The molecule has 2 heteroatoms. The van der Waals surface area contributed by atoms with Crippen LogP contribution in [-0.2, 0) is 0 Å². The zero-order chi connectivity index (χ0) is 21.1. The topological polar surface area (TPSA) is 0 Å². The summed E-state index contributed by atoms with van der Waals surface area (Å²) in [5, 5.41) is 2.24. The van der Waals surface area contributed by atoms with Crippen LogP contribution in [0.2, 0.25) is 0 Å². The molecule has 0 amide bonds. The summed E-state index contributed by atoms with van der Waals surface area (Å²) < 4.78 is 27.4. The number of hydrogen-bond acceptors (Lipinski definition) is 0. The fraction of sp³-hybridized carbons (Fsp3) is 0.0714. The lowest BCUT2D eigenvalue weighted by atomic mass is 9.96. The van der Waals surface area contributed by atoms with Crippen LogP contribution in [0.1, 0.15) is 33.4 Å². The Bertz CT molecular complexity index is 1280. The number of fused-ring (bicyclic) bond motifs is 1. The fourth-order valence-corrected chi connectivity index (χ4v) is 3.58. The maximum Gasteiger partial charge on any atom is 0.123 e. The number of halogens is 2. The summed E-state index contributed by atoms with van der Waals surface area (Å²) in [5.41, 5.74) is 5.78. The summed E-state index contributed by atoms with van der Waals surface area (Å²) in [4.78, 5) is 0. The smallest absolute Gasteiger partial charge is 0.123 e. The lowest BCUT2D eigenvalue weighted by Gasteiger charge is -2.08. The molecule has 0 spiro atoms. The molecule has 148 valence electrons. The van der Waals surface area contributed by atoms with Gasteiger partial charge < -0.3 is 0 Å². The van der Waals surface area contributed by atoms with Crippen LogP contribution in [0.25, 0.3) is 35.1 Å². The van der Waals surface area contributed by atoms with E-state index in [0.717, 1.165) is 44.2 Å². The summed E-state index contributed by atoms with van der Waals surface area (Å²) >= 11 is 0. The normalized spacial score (nSPS) is 11.7. The van der Waals surface area contributed by atoms with Crippen molar-refractivity contribution in [3.05, 3.63) is 118 Å². The van der Waals surface area contributed by atoms with Crippen LogP contribution in [0.4, 0.5) is 8.78 Å². The third-order valence-corrected chi connectivity index (χ3v) is 5.36. The quantitative estimate of drug-likeness (QED) is 0.306. The van der Waals surface area contributed by atoms with Gasteiger partial charge in [-0.1, -0.05) is 72.8 Å². The second kappa shape index (κ2) is 8.46. The van der Waals surface area contributed by atoms with Gasteiger partial charge in [0, 0.05) is 0 Å². The Hall–Kier alpha value is -3.52. The van der Waals surface area contributed by atoms with Gasteiger partial charge in [-0.3, -0.25) is 0 Å². The van der Waals surface area contributed by atoms with Gasteiger partial charge in [-0.2, -0.15) is 0 Å². The highest BCUT2D eigenvalue weighted by Crippen LogP contribution is 2.27. The SMILES string of the molecule is Cc1ccc(F)cc1C=Cc1ccc2ccccc2c1C=Cc1cc(F)ccc1C. The standard InChI is InChI=1S/C28H22F2/c1-19-7-14-25(29)17-23(19)12-11-22-10-9-21-5-3-4-6-27(21)28(22)16-13-24-18-26(30)15-8-20(24)2/h3-18H,1-2H3. The van der Waals surface area contributed by atoms with E-state index in [0.29, 0.717) is 0 Å². The fourth-order valence-electron chi connectivity index (χ4n) is 3.58. The maximum atomic E-state index is 13.7. The van der Waals surface area contributed by atoms with E-state index in [-0.39, 0.29) is 11.6 Å². The lowest BCUT2D eigenvalue weighted by Crippen LogP contribution is -1.87. The van der Waals surface area contributed by atoms with Gasteiger partial charge in [0.05, 0.1) is 0 Å². The molecule has 4 aromatic carbocycles. The average Bonchev–Trinajstić information content (AvgIpc) is 2.75. The van der Waals surface area contributed by atoms with E-state index in [2.05, 4.69) is 24.3 Å². The van der Waals surface area contributed by atoms with Gasteiger partial charge in [-0.25, -0.2) is 8.78 Å². The molecule has 30 heavy (non-hydrogen) atoms. The summed E-state index contributed by atoms with van der Waals surface area (Å²) in [6, 6.07) is 21.9. The molecule has 0 saturated heterocycles. The van der Waals surface area contributed by atoms with Crippen molar-refractivity contribution in [3.63, 3.8) is 0 Å². The van der Waals surface area contributed by atoms with Crippen molar-refractivity contribution in [3.8, 4) is 0 Å². The largest absolute Gasteiger partial charge is 0.207 e. The van der Waals surface area contributed by atoms with E-state index >= 15 is 0 Å². The van der Waals surface area contributed by atoms with Gasteiger partial charge >= 0.3 is 0 Å². The first-order valence-electron chi connectivity index (χ1n) is 9.91. The Morgan fingerprint density at radius 2 is 1.13 bits per heavy atom. The van der Waals surface area contributed by atoms with Crippen LogP contribution < -0.4 is 0 Å². The third-order valence-electron chi connectivity index (χ3n) is 5.36. The zero-order valence-electron chi connectivity index (χ0n) is 17.0. The first-order valence-corrected chi connectivity index (χ1v) is 9.91. The summed E-state index contributed by atoms with van der Waals surface area (Å²) in [6.45, 7) is 3.93. The molecule has 0 aliphatic rings. The molecular formula is C28H22F2. The highest BCUT2D eigenvalue weighted by Gasteiger charge is 2.05. The maximum absolute atomic E-state index is 13.7. The molecule has 0 aliphatic heterocycles. The van der Waals surface area contributed by atoms with Gasteiger partial charge in [0.1, 0.15) is 11.6 Å². The van der Waals surface area contributed by atoms with E-state index in [9.17, 15) is 8.78 Å². The van der Waals surface area contributed by atoms with Gasteiger partial charge in [0.25, 0.3) is 0 Å². The van der Waals surface area contributed by atoms with Crippen molar-refractivity contribution >= 4 is 35.1 Å². The number of aryl methyl sites for hydroxylation is 2. The first-order chi connectivity index (χ1) is 14.5. The lowest BCUT2D eigenvalue weighted by molar-refractivity contribution is 0.626. The van der Waals surface area contributed by atoms with Gasteiger partial charge in [-0.15, -0.1) is 0 Å². The minimum Gasteiger partial charge on any atom is -0.207 e. The monoisotopic (exact) mass is 396 g/mol. The van der Waals surface area contributed by atoms with Crippen molar-refractivity contribution in [1.82, 2.24) is 0 Å². The predicted octanol–water partition coefficient (Wildman–Crippen LogP) is 8.08. The molecule has 4 aromatic rings. The van der Waals surface area contributed by atoms with Crippen LogP contribution >= 0.6 is 0 Å². The van der Waals surface area contributed by atoms with E-state index in [1.165, 1.54) is 12.1 Å². The van der Waals surface area contributed by atoms with E-state index in [1.807, 2.05) is 50.3 Å². The Morgan fingerprint density at radius 1 is 0.567 bits per heavy atom. The van der Waals surface area contributed by atoms with E-state index in [4.69, 9.17) is 0 Å². The van der Waals surface area contributed by atoms with E-state index < -0.39 is 0 Å². The second-order valence-corrected chi connectivity index (χ2v) is 7.46. The molecule has 0 aliphatic carbocycles. The van der Waals surface area contributed by atoms with Gasteiger partial charge in [0.15, 0.2) is 0 Å². The molecule has 0 aromatic heterocycles. The van der Waals surface area contributed by atoms with Crippen molar-refractivity contribution in [2.24, 2.45) is 0 Å². The van der Waals surface area contributed by atoms with Crippen LogP contribution in [0.5, 0.6) is 0 Å². The highest BCUT2D eigenvalue weighted by molar-refractivity contribution is 5.97. The number of hydrogen-bond donors (Lipinski definition) is 0. The Kier molecular flexibility index (Phi) is 5.58. The van der Waals surface area contributed by atoms with Gasteiger partial charge in [-0.05, 0) is 82.3 Å². The van der Waals surface area contributed by atoms with Crippen LogP contribution in [0.15, 0.2) is 72.8 Å². The number of rotatable bonds is 4. The molecular weight excluding hydrogens is 374 g/mol. The second-order valence-electron chi connectivity index (χ2n) is 7.46. The van der Waals surface area contributed by atoms with Crippen LogP contribution in [-0.4, -0.2) is 0 Å². The van der Waals surface area contributed by atoms with Crippen molar-refractivity contribution in [2.45, 2.75) is 13.8 Å². The molecule has 0 saturated carbocycles. The summed E-state index contributed by atoms with van der Waals surface area (Å²) in [6.07, 6.45) is 7.92. The molecule has 0 radical (unpaired) electrons. The Labute approximate surface area is 175 Å². The van der Waals surface area contributed by atoms with Gasteiger partial charge in [0.2, 0.25) is 0 Å². The van der Waals surface area contributed by atoms with Crippen molar-refractivity contribution in [2.75, 3.05) is 0 Å². The van der Waals surface area contributed by atoms with Crippen molar-refractivity contribution in [1.29, 1.82) is 0 Å². The number of benzene rings is 4. The summed E-state index contributed by atoms with van der Waals surface area (Å²) in [7, 11) is 0. The minimum atomic E-state index is -0.250. The average molecular weight is 396 g/mol. The molecule has 4 rings (SSSR count). The summed E-state index contributed by atoms with van der Waals surface area (Å²) in [5.74, 6) is -0.500. The highest BCUT2D eigenvalue weighted by atomic mass is 19.1. The minimum absolute atomic E-state index is 0.250.